The van der Waals surface area contributed by atoms with Crippen molar-refractivity contribution in [2.24, 2.45) is 5.92 Å². The molecule has 0 radical (unpaired) electrons. The average Bonchev–Trinajstić information content (AvgIpc) is 3.20. The van der Waals surface area contributed by atoms with E-state index >= 15 is 0 Å². The van der Waals surface area contributed by atoms with Crippen LogP contribution in [0.4, 0.5) is 0 Å². The average molecular weight is 743 g/mol. The lowest BCUT2D eigenvalue weighted by Gasteiger charge is -2.26. The first kappa shape index (κ1) is 41.5. The Labute approximate surface area is 323 Å². The van der Waals surface area contributed by atoms with Gasteiger partial charge in [0.25, 0.3) is 11.8 Å². The summed E-state index contributed by atoms with van der Waals surface area (Å²) in [4.78, 5) is 54.0. The van der Waals surface area contributed by atoms with Gasteiger partial charge in [-0.25, -0.2) is 0 Å². The van der Waals surface area contributed by atoms with Crippen molar-refractivity contribution in [2.45, 2.75) is 58.8 Å². The molecule has 0 fully saturated rings. The first-order valence-corrected chi connectivity index (χ1v) is 18.3. The van der Waals surface area contributed by atoms with Crippen molar-refractivity contribution >= 4 is 29.2 Å². The van der Waals surface area contributed by atoms with E-state index in [-0.39, 0.29) is 47.0 Å². The van der Waals surface area contributed by atoms with Crippen LogP contribution in [0.1, 0.15) is 78.1 Å². The highest BCUT2D eigenvalue weighted by Gasteiger charge is 2.27. The van der Waals surface area contributed by atoms with Crippen molar-refractivity contribution in [2.75, 3.05) is 20.2 Å². The van der Waals surface area contributed by atoms with Gasteiger partial charge in [0.1, 0.15) is 23.4 Å². The molecule has 286 valence electrons. The van der Waals surface area contributed by atoms with Crippen LogP contribution in [0.15, 0.2) is 104 Å². The number of amides is 4. The summed E-state index contributed by atoms with van der Waals surface area (Å²) in [5, 5.41) is 25.0. The number of nitriles is 1. The minimum atomic E-state index is -0.735. The van der Waals surface area contributed by atoms with Crippen LogP contribution in [0.5, 0.6) is 5.75 Å². The van der Waals surface area contributed by atoms with Crippen LogP contribution in [-0.2, 0) is 9.59 Å². The molecule has 4 atom stereocenters. The van der Waals surface area contributed by atoms with E-state index in [0.717, 1.165) is 11.1 Å². The van der Waals surface area contributed by atoms with Crippen LogP contribution >= 0.6 is 0 Å². The van der Waals surface area contributed by atoms with Gasteiger partial charge in [-0.05, 0) is 73.2 Å². The molecule has 0 saturated carbocycles. The predicted octanol–water partition coefficient (Wildman–Crippen LogP) is 5.79. The Bertz CT molecular complexity index is 2030. The zero-order valence-corrected chi connectivity index (χ0v) is 32.2. The fourth-order valence-corrected chi connectivity index (χ4v) is 6.05. The van der Waals surface area contributed by atoms with Gasteiger partial charge in [-0.2, -0.15) is 5.26 Å². The van der Waals surface area contributed by atoms with E-state index in [9.17, 15) is 24.4 Å². The lowest BCUT2D eigenvalue weighted by Crippen LogP contribution is -2.55. The molecule has 0 spiro atoms. The van der Waals surface area contributed by atoms with Crippen molar-refractivity contribution in [1.29, 1.82) is 5.26 Å². The summed E-state index contributed by atoms with van der Waals surface area (Å²) >= 11 is 0. The van der Waals surface area contributed by atoms with E-state index in [4.69, 9.17) is 4.74 Å². The number of likely N-dealkylation sites (N-methyl/N-ethyl adjacent to an activating group) is 1. The zero-order valence-electron chi connectivity index (χ0n) is 32.2. The van der Waals surface area contributed by atoms with Gasteiger partial charge in [0.05, 0.1) is 25.2 Å². The fraction of sp³-hybridized carbons (Fsp3) is 0.295. The third kappa shape index (κ3) is 10.9. The molecular formula is C44H50N6O5. The molecule has 4 aromatic rings. The minimum absolute atomic E-state index is 0.109. The monoisotopic (exact) mass is 742 g/mol. The number of hydrogen-bond donors (Lipinski definition) is 5. The topological polar surface area (TPSA) is 161 Å². The number of nitrogens with one attached hydrogen (secondary N) is 5. The Hall–Kier alpha value is -6.25. The highest BCUT2D eigenvalue weighted by molar-refractivity contribution is 6.02. The van der Waals surface area contributed by atoms with Gasteiger partial charge < -0.3 is 31.3 Å². The van der Waals surface area contributed by atoms with Crippen molar-refractivity contribution < 1.29 is 23.9 Å². The lowest BCUT2D eigenvalue weighted by atomic mass is 9.94. The van der Waals surface area contributed by atoms with Gasteiger partial charge >= 0.3 is 0 Å². The number of carbonyl (C=O) groups excluding carboxylic acids is 4. The van der Waals surface area contributed by atoms with Crippen molar-refractivity contribution in [3.63, 3.8) is 0 Å². The number of rotatable bonds is 17. The van der Waals surface area contributed by atoms with Crippen molar-refractivity contribution in [1.82, 2.24) is 26.6 Å². The number of ether oxygens (including phenoxy) is 1. The molecule has 0 aliphatic carbocycles. The normalized spacial score (nSPS) is 13.0. The number of nitrogens with zero attached hydrogens (tertiary/aromatic N) is 1. The molecule has 11 heteroatoms. The van der Waals surface area contributed by atoms with Crippen molar-refractivity contribution in [3.8, 4) is 22.9 Å². The Kier molecular flexibility index (Phi) is 14.9. The van der Waals surface area contributed by atoms with Crippen LogP contribution in [0, 0.1) is 17.2 Å². The van der Waals surface area contributed by atoms with Crippen LogP contribution in [0.2, 0.25) is 0 Å². The van der Waals surface area contributed by atoms with Crippen LogP contribution in [0.3, 0.4) is 0 Å². The molecule has 5 N–H and O–H groups in total. The second-order valence-corrected chi connectivity index (χ2v) is 13.6. The first-order chi connectivity index (χ1) is 26.4. The largest absolute Gasteiger partial charge is 0.495 e. The van der Waals surface area contributed by atoms with Gasteiger partial charge in [0, 0.05) is 29.8 Å². The molecule has 4 rings (SSSR count). The summed E-state index contributed by atoms with van der Waals surface area (Å²) in [6.07, 6.45) is 0. The Balaban J connectivity index is 1.68. The SMILES string of the molecule is C=C(c1ccccc1)[C@@H](CN[C@@H](C)C(=O)N[C@H](C(=O)NCC)C(C)C)NC(=O)c1cc(C(=O)N[C@H](C)c2ccccc2)cc(-c2cccc(OC)c2C#N)c1. The van der Waals surface area contributed by atoms with Gasteiger partial charge in [0.15, 0.2) is 0 Å². The van der Waals surface area contributed by atoms with E-state index in [1.54, 1.807) is 37.3 Å². The number of carbonyl (C=O) groups is 4. The molecule has 55 heavy (non-hydrogen) atoms. The molecule has 0 saturated heterocycles. The minimum Gasteiger partial charge on any atom is -0.495 e. The van der Waals surface area contributed by atoms with Crippen LogP contribution in [-0.4, -0.2) is 62.0 Å². The highest BCUT2D eigenvalue weighted by atomic mass is 16.5. The summed E-state index contributed by atoms with van der Waals surface area (Å²) in [6.45, 7) is 13.9. The standard InChI is InChI=1S/C44H50N6O5/c1-8-46-44(54)40(27(2)3)50-41(51)30(6)47-26-38(28(4)31-16-11-9-12-17-31)49-43(53)35-23-33(36-20-15-21-39(55-7)37(36)25-45)22-34(24-35)42(52)48-29(5)32-18-13-10-14-19-32/h9-24,27,29-30,38,40,47H,4,8,26H2,1-3,5-7H3,(H,46,54)(H,48,52)(H,49,53)(H,50,51)/t29-,30+,38-,40+/m1/s1. The maximum atomic E-state index is 14.3. The van der Waals surface area contributed by atoms with Gasteiger partial charge in [-0.3, -0.25) is 19.2 Å². The van der Waals surface area contributed by atoms with Gasteiger partial charge in [0.2, 0.25) is 11.8 Å². The van der Waals surface area contributed by atoms with E-state index in [1.807, 2.05) is 88.4 Å². The smallest absolute Gasteiger partial charge is 0.251 e. The summed E-state index contributed by atoms with van der Waals surface area (Å²) in [5.41, 5.74) is 3.86. The maximum absolute atomic E-state index is 14.3. The van der Waals surface area contributed by atoms with Gasteiger partial charge in [-0.15, -0.1) is 0 Å². The molecule has 0 aliphatic rings. The quantitative estimate of drug-likeness (QED) is 0.0915. The Morgan fingerprint density at radius 3 is 1.96 bits per heavy atom. The van der Waals surface area contributed by atoms with Crippen LogP contribution in [0.25, 0.3) is 16.7 Å². The second-order valence-electron chi connectivity index (χ2n) is 13.6. The molecule has 0 heterocycles. The van der Waals surface area contributed by atoms with E-state index in [0.29, 0.717) is 29.0 Å². The molecular weight excluding hydrogens is 693 g/mol. The summed E-state index contributed by atoms with van der Waals surface area (Å²) in [7, 11) is 1.47. The van der Waals surface area contributed by atoms with Gasteiger partial charge in [-0.1, -0.05) is 93.2 Å². The number of hydrogen-bond acceptors (Lipinski definition) is 7. The highest BCUT2D eigenvalue weighted by Crippen LogP contribution is 2.32. The lowest BCUT2D eigenvalue weighted by molar-refractivity contribution is -0.130. The molecule has 0 unspecified atom stereocenters. The van der Waals surface area contributed by atoms with E-state index in [1.165, 1.54) is 13.2 Å². The maximum Gasteiger partial charge on any atom is 0.251 e. The molecule has 0 aliphatic heterocycles. The Morgan fingerprint density at radius 1 is 0.764 bits per heavy atom. The summed E-state index contributed by atoms with van der Waals surface area (Å²) in [6, 6.07) is 28.5. The zero-order chi connectivity index (χ0) is 40.1. The second kappa shape index (κ2) is 19.7. The molecule has 11 nitrogen and oxygen atoms in total. The summed E-state index contributed by atoms with van der Waals surface area (Å²) < 4.78 is 5.45. The molecule has 0 bridgehead atoms. The van der Waals surface area contributed by atoms with Crippen LogP contribution < -0.4 is 31.3 Å². The van der Waals surface area contributed by atoms with Crippen molar-refractivity contribution in [3.05, 3.63) is 131 Å². The first-order valence-electron chi connectivity index (χ1n) is 18.3. The predicted molar refractivity (Wildman–Crippen MR) is 215 cm³/mol. The number of benzene rings is 4. The molecule has 4 amide bonds. The summed E-state index contributed by atoms with van der Waals surface area (Å²) in [5.74, 6) is -1.34. The number of methoxy groups -OCH3 is 1. The van der Waals surface area contributed by atoms with E-state index < -0.39 is 29.9 Å². The fourth-order valence-electron chi connectivity index (χ4n) is 6.05. The Morgan fingerprint density at radius 2 is 1.38 bits per heavy atom. The third-order valence-electron chi connectivity index (χ3n) is 9.26. The molecule has 0 aromatic heterocycles. The third-order valence-corrected chi connectivity index (χ3v) is 9.26. The molecule has 4 aromatic carbocycles. The van der Waals surface area contributed by atoms with E-state index in [2.05, 4.69) is 39.2 Å².